The largest absolute Gasteiger partial charge is 0.386 e. The quantitative estimate of drug-likeness (QED) is 0.419. The van der Waals surface area contributed by atoms with Gasteiger partial charge in [-0.1, -0.05) is 36.4 Å². The molecule has 112 valence electrons. The molecular weight excluding hydrogens is 384 g/mol. The number of aliphatic hydroxyl groups is 1. The molecule has 2 aromatic carbocycles. The normalized spacial score (nSPS) is 12.4. The minimum absolute atomic E-state index is 0. The number of rotatable bonds is 4. The minimum Gasteiger partial charge on any atom is -0.386 e. The fourth-order valence-electron chi connectivity index (χ4n) is 1.74. The molecule has 0 bridgehead atoms. The summed E-state index contributed by atoms with van der Waals surface area (Å²) in [6.45, 7) is -0.00734. The van der Waals surface area contributed by atoms with E-state index >= 15 is 0 Å². The Morgan fingerprint density at radius 3 is 2.43 bits per heavy atom. The summed E-state index contributed by atoms with van der Waals surface area (Å²) in [5, 5.41) is 12.8. The summed E-state index contributed by atoms with van der Waals surface area (Å²) in [7, 11) is 0. The van der Waals surface area contributed by atoms with Gasteiger partial charge in [0.15, 0.2) is 5.96 Å². The van der Waals surface area contributed by atoms with Crippen molar-refractivity contribution >= 4 is 35.6 Å². The fraction of sp³-hybridized carbons (Fsp3) is 0.133. The number of hydrogen-bond acceptors (Lipinski definition) is 2. The van der Waals surface area contributed by atoms with E-state index in [1.165, 1.54) is 12.1 Å². The molecule has 2 aromatic rings. The number of para-hydroxylation sites is 1. The first-order valence-electron chi connectivity index (χ1n) is 6.21. The molecule has 1 unspecified atom stereocenters. The molecule has 0 spiro atoms. The molecule has 2 rings (SSSR count). The highest BCUT2D eigenvalue weighted by atomic mass is 127. The van der Waals surface area contributed by atoms with Crippen LogP contribution in [0.25, 0.3) is 0 Å². The van der Waals surface area contributed by atoms with Gasteiger partial charge in [-0.25, -0.2) is 4.39 Å². The van der Waals surface area contributed by atoms with Gasteiger partial charge in [-0.15, -0.1) is 24.0 Å². The first-order chi connectivity index (χ1) is 9.66. The number of nitrogens with zero attached hydrogens (tertiary/aromatic N) is 1. The number of aliphatic hydroxyl groups excluding tert-OH is 1. The Morgan fingerprint density at radius 2 is 1.76 bits per heavy atom. The molecule has 0 aliphatic rings. The zero-order valence-electron chi connectivity index (χ0n) is 11.2. The van der Waals surface area contributed by atoms with Gasteiger partial charge in [0.2, 0.25) is 0 Å². The lowest BCUT2D eigenvalue weighted by Crippen LogP contribution is -2.23. The highest BCUT2D eigenvalue weighted by Gasteiger charge is 2.11. The highest BCUT2D eigenvalue weighted by Crippen LogP contribution is 2.16. The second-order valence-electron chi connectivity index (χ2n) is 4.25. The van der Waals surface area contributed by atoms with Gasteiger partial charge < -0.3 is 16.2 Å². The molecule has 21 heavy (non-hydrogen) atoms. The number of guanidine groups is 1. The van der Waals surface area contributed by atoms with Crippen LogP contribution in [0.1, 0.15) is 11.7 Å². The van der Waals surface area contributed by atoms with Gasteiger partial charge in [-0.2, -0.15) is 0 Å². The first kappa shape index (κ1) is 17.4. The van der Waals surface area contributed by atoms with Gasteiger partial charge in [0, 0.05) is 11.3 Å². The average molecular weight is 401 g/mol. The van der Waals surface area contributed by atoms with E-state index in [4.69, 9.17) is 5.73 Å². The van der Waals surface area contributed by atoms with Crippen LogP contribution in [0.2, 0.25) is 0 Å². The third-order valence-electron chi connectivity index (χ3n) is 2.74. The average Bonchev–Trinajstić information content (AvgIpc) is 2.46. The van der Waals surface area contributed by atoms with Crippen molar-refractivity contribution in [2.24, 2.45) is 10.7 Å². The lowest BCUT2D eigenvalue weighted by Gasteiger charge is -2.10. The molecule has 0 heterocycles. The van der Waals surface area contributed by atoms with Crippen LogP contribution in [-0.4, -0.2) is 17.6 Å². The van der Waals surface area contributed by atoms with E-state index in [1.807, 2.05) is 30.3 Å². The Kier molecular flexibility index (Phi) is 7.10. The second kappa shape index (κ2) is 8.58. The van der Waals surface area contributed by atoms with Gasteiger partial charge in [-0.3, -0.25) is 4.99 Å². The molecule has 0 aliphatic carbocycles. The van der Waals surface area contributed by atoms with Gasteiger partial charge in [0.1, 0.15) is 11.9 Å². The number of nitrogens with one attached hydrogen (secondary N) is 1. The first-order valence-corrected chi connectivity index (χ1v) is 6.21. The van der Waals surface area contributed by atoms with Crippen LogP contribution < -0.4 is 11.1 Å². The van der Waals surface area contributed by atoms with Crippen LogP contribution >= 0.6 is 24.0 Å². The molecule has 4 nitrogen and oxygen atoms in total. The van der Waals surface area contributed by atoms with E-state index in [0.717, 1.165) is 5.69 Å². The molecular formula is C15H17FIN3O. The van der Waals surface area contributed by atoms with Gasteiger partial charge in [0.25, 0.3) is 0 Å². The van der Waals surface area contributed by atoms with Crippen molar-refractivity contribution in [3.8, 4) is 0 Å². The molecule has 0 aliphatic heterocycles. The van der Waals surface area contributed by atoms with Crippen LogP contribution in [0.5, 0.6) is 0 Å². The highest BCUT2D eigenvalue weighted by molar-refractivity contribution is 14.0. The zero-order valence-corrected chi connectivity index (χ0v) is 13.6. The minimum atomic E-state index is -1.02. The Labute approximate surface area is 139 Å². The van der Waals surface area contributed by atoms with E-state index in [1.54, 1.807) is 12.1 Å². The van der Waals surface area contributed by atoms with Crippen LogP contribution in [-0.2, 0) is 0 Å². The second-order valence-corrected chi connectivity index (χ2v) is 4.25. The summed E-state index contributed by atoms with van der Waals surface area (Å²) in [5.74, 6) is -0.281. The topological polar surface area (TPSA) is 70.6 Å². The van der Waals surface area contributed by atoms with Gasteiger partial charge >= 0.3 is 0 Å². The molecule has 6 heteroatoms. The summed E-state index contributed by atoms with van der Waals surface area (Å²) in [4.78, 5) is 4.00. The van der Waals surface area contributed by atoms with Crippen molar-refractivity contribution in [2.75, 3.05) is 11.9 Å². The summed E-state index contributed by atoms with van der Waals surface area (Å²) in [6, 6.07) is 15.4. The molecule has 0 aromatic heterocycles. The number of anilines is 1. The molecule has 4 N–H and O–H groups in total. The molecule has 0 amide bonds. The molecule has 0 radical (unpaired) electrons. The summed E-state index contributed by atoms with van der Waals surface area (Å²) in [5.41, 5.74) is 6.72. The number of hydrogen-bond donors (Lipinski definition) is 3. The SMILES string of the molecule is I.NC(=NCC(O)c1ccccc1F)Nc1ccccc1. The van der Waals surface area contributed by atoms with Crippen molar-refractivity contribution in [3.05, 3.63) is 66.0 Å². The fourth-order valence-corrected chi connectivity index (χ4v) is 1.74. The van der Waals surface area contributed by atoms with Crippen LogP contribution in [0.15, 0.2) is 59.6 Å². The number of nitrogens with two attached hydrogens (primary N) is 1. The van der Waals surface area contributed by atoms with Crippen molar-refractivity contribution in [3.63, 3.8) is 0 Å². The van der Waals surface area contributed by atoms with Crippen LogP contribution in [0.4, 0.5) is 10.1 Å². The number of halogens is 2. The summed E-state index contributed by atoms with van der Waals surface area (Å²) < 4.78 is 13.5. The Morgan fingerprint density at radius 1 is 1.14 bits per heavy atom. The lowest BCUT2D eigenvalue weighted by molar-refractivity contribution is 0.182. The van der Waals surface area contributed by atoms with Crippen LogP contribution in [0.3, 0.4) is 0 Å². The van der Waals surface area contributed by atoms with E-state index in [-0.39, 0.29) is 42.0 Å². The monoisotopic (exact) mass is 401 g/mol. The van der Waals surface area contributed by atoms with Crippen LogP contribution in [0, 0.1) is 5.82 Å². The van der Waals surface area contributed by atoms with Crippen molar-refractivity contribution < 1.29 is 9.50 Å². The predicted molar refractivity (Wildman–Crippen MR) is 93.3 cm³/mol. The molecule has 1 atom stereocenters. The van der Waals surface area contributed by atoms with Crippen molar-refractivity contribution in [2.45, 2.75) is 6.10 Å². The lowest BCUT2D eigenvalue weighted by atomic mass is 10.1. The number of aliphatic imine (C=N–C) groups is 1. The van der Waals surface area contributed by atoms with E-state index in [2.05, 4.69) is 10.3 Å². The van der Waals surface area contributed by atoms with Crippen molar-refractivity contribution in [1.29, 1.82) is 0 Å². The Bertz CT molecular complexity index is 592. The van der Waals surface area contributed by atoms with E-state index in [0.29, 0.717) is 0 Å². The van der Waals surface area contributed by atoms with Gasteiger partial charge in [0.05, 0.1) is 6.54 Å². The predicted octanol–water partition coefficient (Wildman–Crippen LogP) is 2.90. The molecule has 0 saturated heterocycles. The maximum absolute atomic E-state index is 13.5. The number of benzene rings is 2. The van der Waals surface area contributed by atoms with Gasteiger partial charge in [-0.05, 0) is 18.2 Å². The summed E-state index contributed by atoms with van der Waals surface area (Å²) in [6.07, 6.45) is -1.02. The van der Waals surface area contributed by atoms with E-state index in [9.17, 15) is 9.50 Å². The Balaban J connectivity index is 0.00000220. The maximum atomic E-state index is 13.5. The smallest absolute Gasteiger partial charge is 0.193 e. The third kappa shape index (κ3) is 5.31. The standard InChI is InChI=1S/C15H16FN3O.HI/c16-13-9-5-4-8-12(13)14(20)10-18-15(17)19-11-6-2-1-3-7-11;/h1-9,14,20H,10H2,(H3,17,18,19);1H. The Hall–Kier alpha value is -1.67. The van der Waals surface area contributed by atoms with Crippen molar-refractivity contribution in [1.82, 2.24) is 0 Å². The molecule has 0 fully saturated rings. The van der Waals surface area contributed by atoms with E-state index < -0.39 is 11.9 Å². The maximum Gasteiger partial charge on any atom is 0.193 e. The zero-order chi connectivity index (χ0) is 14.4. The summed E-state index contributed by atoms with van der Waals surface area (Å²) >= 11 is 0. The third-order valence-corrected chi connectivity index (χ3v) is 2.74. The molecule has 0 saturated carbocycles.